The van der Waals surface area contributed by atoms with Gasteiger partial charge in [0.1, 0.15) is 5.69 Å². The number of carbonyl (C=O) groups is 2. The first-order valence-corrected chi connectivity index (χ1v) is 7.28. The van der Waals surface area contributed by atoms with Crippen molar-refractivity contribution in [1.82, 2.24) is 19.8 Å². The van der Waals surface area contributed by atoms with Gasteiger partial charge in [-0.2, -0.15) is 0 Å². The van der Waals surface area contributed by atoms with Crippen molar-refractivity contribution in [2.24, 2.45) is 0 Å². The highest BCUT2D eigenvalue weighted by molar-refractivity contribution is 5.95. The van der Waals surface area contributed by atoms with E-state index in [4.69, 9.17) is 0 Å². The molecule has 6 heteroatoms. The number of carbonyl (C=O) groups excluding carboxylic acids is 2. The van der Waals surface area contributed by atoms with Gasteiger partial charge >= 0.3 is 0 Å². The van der Waals surface area contributed by atoms with Gasteiger partial charge in [0.25, 0.3) is 5.91 Å². The highest BCUT2D eigenvalue weighted by Gasteiger charge is 2.25. The summed E-state index contributed by atoms with van der Waals surface area (Å²) in [5.41, 5.74) is 1.30. The molecule has 0 atom stereocenters. The minimum absolute atomic E-state index is 0.0509. The zero-order chi connectivity index (χ0) is 15.5. The van der Waals surface area contributed by atoms with Gasteiger partial charge in [-0.25, -0.2) is 4.98 Å². The van der Waals surface area contributed by atoms with E-state index in [0.717, 1.165) is 18.5 Å². The monoisotopic (exact) mass is 298 g/mol. The Hall–Kier alpha value is -2.63. The lowest BCUT2D eigenvalue weighted by atomic mass is 10.3. The maximum Gasteiger partial charge on any atom is 0.272 e. The number of amides is 2. The van der Waals surface area contributed by atoms with E-state index in [9.17, 15) is 9.59 Å². The Morgan fingerprint density at radius 2 is 2.05 bits per heavy atom. The van der Waals surface area contributed by atoms with Crippen molar-refractivity contribution in [3.63, 3.8) is 0 Å². The molecule has 0 bridgehead atoms. The van der Waals surface area contributed by atoms with Crippen LogP contribution in [0.4, 0.5) is 0 Å². The fourth-order valence-corrected chi connectivity index (χ4v) is 2.23. The first-order valence-electron chi connectivity index (χ1n) is 7.28. The molecule has 2 aromatic rings. The fraction of sp³-hybridized carbons (Fsp3) is 0.312. The maximum absolute atomic E-state index is 12.5. The predicted octanol–water partition coefficient (Wildman–Crippen LogP) is 1.22. The molecule has 1 saturated carbocycles. The molecular weight excluding hydrogens is 280 g/mol. The van der Waals surface area contributed by atoms with Crippen molar-refractivity contribution in [2.75, 3.05) is 13.6 Å². The number of aromatic nitrogens is 2. The van der Waals surface area contributed by atoms with E-state index in [0.29, 0.717) is 11.7 Å². The summed E-state index contributed by atoms with van der Waals surface area (Å²) in [5.74, 6) is -0.351. The minimum Gasteiger partial charge on any atom is -0.352 e. The number of hydrogen-bond donors (Lipinski definition) is 1. The molecule has 0 radical (unpaired) electrons. The van der Waals surface area contributed by atoms with E-state index in [1.807, 2.05) is 30.3 Å². The summed E-state index contributed by atoms with van der Waals surface area (Å²) in [7, 11) is 1.62. The molecule has 1 aliphatic rings. The molecule has 1 aliphatic carbocycles. The maximum atomic E-state index is 12.5. The van der Waals surface area contributed by atoms with Gasteiger partial charge in [0.2, 0.25) is 5.91 Å². The van der Waals surface area contributed by atoms with Crippen LogP contribution in [0.3, 0.4) is 0 Å². The first kappa shape index (κ1) is 14.3. The molecule has 1 aromatic heterocycles. The molecule has 1 fully saturated rings. The van der Waals surface area contributed by atoms with Crippen LogP contribution in [0.25, 0.3) is 5.69 Å². The zero-order valence-corrected chi connectivity index (χ0v) is 12.4. The van der Waals surface area contributed by atoms with Crippen LogP contribution < -0.4 is 5.32 Å². The minimum atomic E-state index is -0.229. The van der Waals surface area contributed by atoms with Gasteiger partial charge in [-0.3, -0.25) is 14.2 Å². The quantitative estimate of drug-likeness (QED) is 0.902. The average Bonchev–Trinajstić information content (AvgIpc) is 3.19. The second-order valence-electron chi connectivity index (χ2n) is 5.49. The standard InChI is InChI=1S/C16H18N4O2/c1-19(10-15(21)18-12-7-8-12)16(22)14-9-17-11-20(14)13-5-3-2-4-6-13/h2-6,9,11-12H,7-8,10H2,1H3,(H,18,21). The molecule has 2 amide bonds. The molecule has 6 nitrogen and oxygen atoms in total. The van der Waals surface area contributed by atoms with E-state index in [1.54, 1.807) is 17.9 Å². The third kappa shape index (κ3) is 3.16. The summed E-state index contributed by atoms with van der Waals surface area (Å²) in [6.07, 6.45) is 5.18. The molecule has 114 valence electrons. The molecule has 3 rings (SSSR count). The van der Waals surface area contributed by atoms with Crippen LogP contribution >= 0.6 is 0 Å². The van der Waals surface area contributed by atoms with Crippen LogP contribution in [0.2, 0.25) is 0 Å². The zero-order valence-electron chi connectivity index (χ0n) is 12.4. The molecule has 1 N–H and O–H groups in total. The van der Waals surface area contributed by atoms with Crippen molar-refractivity contribution in [1.29, 1.82) is 0 Å². The van der Waals surface area contributed by atoms with Gasteiger partial charge in [-0.05, 0) is 25.0 Å². The highest BCUT2D eigenvalue weighted by Crippen LogP contribution is 2.18. The number of rotatable bonds is 5. The topological polar surface area (TPSA) is 67.2 Å². The van der Waals surface area contributed by atoms with Crippen LogP contribution in [-0.4, -0.2) is 45.9 Å². The number of para-hydroxylation sites is 1. The van der Waals surface area contributed by atoms with E-state index in [1.165, 1.54) is 11.1 Å². The van der Waals surface area contributed by atoms with E-state index < -0.39 is 0 Å². The first-order chi connectivity index (χ1) is 10.6. The number of likely N-dealkylation sites (N-methyl/N-ethyl adjacent to an activating group) is 1. The highest BCUT2D eigenvalue weighted by atomic mass is 16.2. The van der Waals surface area contributed by atoms with Gasteiger partial charge in [0.05, 0.1) is 19.1 Å². The number of nitrogens with zero attached hydrogens (tertiary/aromatic N) is 3. The van der Waals surface area contributed by atoms with Crippen molar-refractivity contribution in [2.45, 2.75) is 18.9 Å². The summed E-state index contributed by atoms with van der Waals surface area (Å²) in [4.78, 5) is 29.8. The Bertz CT molecular complexity index is 676. The van der Waals surface area contributed by atoms with Crippen LogP contribution in [0.1, 0.15) is 23.3 Å². The molecule has 1 aromatic carbocycles. The van der Waals surface area contributed by atoms with Gasteiger partial charge in [0.15, 0.2) is 0 Å². The van der Waals surface area contributed by atoms with Crippen molar-refractivity contribution in [3.8, 4) is 5.69 Å². The largest absolute Gasteiger partial charge is 0.352 e. The van der Waals surface area contributed by atoms with E-state index >= 15 is 0 Å². The molecule has 0 aliphatic heterocycles. The number of benzene rings is 1. The Balaban J connectivity index is 1.72. The summed E-state index contributed by atoms with van der Waals surface area (Å²) < 4.78 is 1.72. The number of nitrogens with one attached hydrogen (secondary N) is 1. The predicted molar refractivity (Wildman–Crippen MR) is 81.7 cm³/mol. The normalized spacial score (nSPS) is 13.7. The van der Waals surface area contributed by atoms with Crippen LogP contribution in [0.15, 0.2) is 42.9 Å². The molecule has 0 saturated heterocycles. The summed E-state index contributed by atoms with van der Waals surface area (Å²) in [5, 5.41) is 2.88. The third-order valence-electron chi connectivity index (χ3n) is 3.56. The Labute approximate surface area is 128 Å². The fourth-order valence-electron chi connectivity index (χ4n) is 2.23. The summed E-state index contributed by atoms with van der Waals surface area (Å²) >= 11 is 0. The lowest BCUT2D eigenvalue weighted by molar-refractivity contribution is -0.121. The number of imidazole rings is 1. The van der Waals surface area contributed by atoms with E-state index in [-0.39, 0.29) is 18.4 Å². The van der Waals surface area contributed by atoms with E-state index in [2.05, 4.69) is 10.3 Å². The lowest BCUT2D eigenvalue weighted by Gasteiger charge is -2.17. The number of hydrogen-bond acceptors (Lipinski definition) is 3. The van der Waals surface area contributed by atoms with Crippen molar-refractivity contribution >= 4 is 11.8 Å². The Kier molecular flexibility index (Phi) is 3.91. The molecule has 22 heavy (non-hydrogen) atoms. The summed E-state index contributed by atoms with van der Waals surface area (Å²) in [6.45, 7) is 0.0509. The third-order valence-corrected chi connectivity index (χ3v) is 3.56. The molecule has 0 unspecified atom stereocenters. The van der Waals surface area contributed by atoms with Crippen LogP contribution in [0.5, 0.6) is 0 Å². The van der Waals surface area contributed by atoms with Crippen molar-refractivity contribution in [3.05, 3.63) is 48.5 Å². The van der Waals surface area contributed by atoms with Gasteiger partial charge < -0.3 is 10.2 Å². The Morgan fingerprint density at radius 1 is 1.32 bits per heavy atom. The smallest absolute Gasteiger partial charge is 0.272 e. The average molecular weight is 298 g/mol. The Morgan fingerprint density at radius 3 is 2.73 bits per heavy atom. The summed E-state index contributed by atoms with van der Waals surface area (Å²) in [6, 6.07) is 9.81. The lowest BCUT2D eigenvalue weighted by Crippen LogP contribution is -2.39. The van der Waals surface area contributed by atoms with Gasteiger partial charge in [0, 0.05) is 18.8 Å². The molecule has 0 spiro atoms. The van der Waals surface area contributed by atoms with Crippen LogP contribution in [-0.2, 0) is 4.79 Å². The van der Waals surface area contributed by atoms with Gasteiger partial charge in [-0.1, -0.05) is 18.2 Å². The molecule has 1 heterocycles. The van der Waals surface area contributed by atoms with Crippen molar-refractivity contribution < 1.29 is 9.59 Å². The SMILES string of the molecule is CN(CC(=O)NC1CC1)C(=O)c1cncn1-c1ccccc1. The van der Waals surface area contributed by atoms with Crippen LogP contribution in [0, 0.1) is 0 Å². The molecular formula is C16H18N4O2. The second-order valence-corrected chi connectivity index (χ2v) is 5.49. The van der Waals surface area contributed by atoms with Gasteiger partial charge in [-0.15, -0.1) is 0 Å². The second kappa shape index (κ2) is 6.01.